The number of alkyl halides is 1. The van der Waals surface area contributed by atoms with E-state index >= 15 is 4.39 Å². The lowest BCUT2D eigenvalue weighted by atomic mass is 9.92. The molecular weight excluding hydrogens is 578 g/mol. The quantitative estimate of drug-likeness (QED) is 0.206. The molecule has 3 aromatic rings. The number of nitrogens with one attached hydrogen (secondary N) is 1. The zero-order valence-electron chi connectivity index (χ0n) is 25.1. The van der Waals surface area contributed by atoms with E-state index in [1.165, 1.54) is 18.3 Å². The lowest BCUT2D eigenvalue weighted by Gasteiger charge is -2.34. The fraction of sp³-hybridized carbons (Fsp3) is 0.424. The summed E-state index contributed by atoms with van der Waals surface area (Å²) in [6.45, 7) is 7.92. The van der Waals surface area contributed by atoms with Crippen molar-refractivity contribution < 1.29 is 31.9 Å². The molecule has 1 aromatic heterocycles. The SMILES string of the molecule is Cc1cc2cc(c1F)C(NC(=O)C(CC(C)C)n1cc(CCN3CC(F)C3)cc(F)c1=O)CC(=O)Oc1cc(F)cc(C)c1-2. The number of esters is 1. The van der Waals surface area contributed by atoms with Crippen LogP contribution < -0.4 is 15.6 Å². The molecule has 1 fully saturated rings. The number of hydrogen-bond donors (Lipinski definition) is 1. The normalized spacial score (nSPS) is 17.7. The van der Waals surface area contributed by atoms with E-state index in [0.29, 0.717) is 48.3 Å². The van der Waals surface area contributed by atoms with Gasteiger partial charge in [0.05, 0.1) is 12.5 Å². The third-order valence-corrected chi connectivity index (χ3v) is 8.14. The number of hydrogen-bond acceptors (Lipinski definition) is 5. The van der Waals surface area contributed by atoms with E-state index in [4.69, 9.17) is 4.74 Å². The maximum absolute atomic E-state index is 15.6. The van der Waals surface area contributed by atoms with Crippen molar-refractivity contribution in [2.75, 3.05) is 19.6 Å². The van der Waals surface area contributed by atoms with Crippen LogP contribution in [-0.2, 0) is 16.0 Å². The first kappa shape index (κ1) is 31.4. The molecule has 1 saturated heterocycles. The summed E-state index contributed by atoms with van der Waals surface area (Å²) in [6, 6.07) is 4.17. The lowest BCUT2D eigenvalue weighted by molar-refractivity contribution is -0.135. The minimum absolute atomic E-state index is 0.0202. The summed E-state index contributed by atoms with van der Waals surface area (Å²) >= 11 is 0. The summed E-state index contributed by atoms with van der Waals surface area (Å²) in [4.78, 5) is 41.8. The fourth-order valence-corrected chi connectivity index (χ4v) is 5.96. The zero-order chi connectivity index (χ0) is 31.9. The Balaban J connectivity index is 1.50. The third-order valence-electron chi connectivity index (χ3n) is 8.14. The predicted octanol–water partition coefficient (Wildman–Crippen LogP) is 5.50. The number of aromatic nitrogens is 1. The number of nitrogens with zero attached hydrogens (tertiary/aromatic N) is 2. The number of fused-ring (bicyclic) bond motifs is 4. The van der Waals surface area contributed by atoms with Gasteiger partial charge in [-0.2, -0.15) is 0 Å². The Hall–Kier alpha value is -3.99. The highest BCUT2D eigenvalue weighted by Gasteiger charge is 2.32. The molecule has 2 aliphatic heterocycles. The number of carbonyl (C=O) groups excluding carboxylic acids is 2. The van der Waals surface area contributed by atoms with Crippen LogP contribution in [0.3, 0.4) is 0 Å². The van der Waals surface area contributed by atoms with Crippen LogP contribution in [0.2, 0.25) is 0 Å². The van der Waals surface area contributed by atoms with Crippen LogP contribution in [0.15, 0.2) is 41.3 Å². The number of halogens is 4. The van der Waals surface area contributed by atoms with Gasteiger partial charge in [-0.1, -0.05) is 13.8 Å². The minimum atomic E-state index is -1.20. The first-order valence-electron chi connectivity index (χ1n) is 14.7. The molecule has 7 nitrogen and oxygen atoms in total. The summed E-state index contributed by atoms with van der Waals surface area (Å²) in [6.07, 6.45) is 0.549. The molecule has 0 spiro atoms. The molecule has 5 rings (SSSR count). The molecule has 0 saturated carbocycles. The molecule has 3 heterocycles. The summed E-state index contributed by atoms with van der Waals surface area (Å²) in [5, 5.41) is 2.73. The van der Waals surface area contributed by atoms with Gasteiger partial charge in [-0.05, 0) is 79.1 Å². The number of aryl methyl sites for hydroxylation is 2. The van der Waals surface area contributed by atoms with E-state index in [9.17, 15) is 27.6 Å². The summed E-state index contributed by atoms with van der Waals surface area (Å²) in [5.41, 5.74) is 1.12. The maximum Gasteiger partial charge on any atom is 0.313 e. The van der Waals surface area contributed by atoms with Gasteiger partial charge >= 0.3 is 5.97 Å². The summed E-state index contributed by atoms with van der Waals surface area (Å²) < 4.78 is 64.6. The van der Waals surface area contributed by atoms with Crippen molar-refractivity contribution in [1.82, 2.24) is 14.8 Å². The summed E-state index contributed by atoms with van der Waals surface area (Å²) in [5.74, 6) is -3.93. The van der Waals surface area contributed by atoms with E-state index in [1.807, 2.05) is 18.7 Å². The second-order valence-electron chi connectivity index (χ2n) is 12.2. The Morgan fingerprint density at radius 3 is 2.45 bits per heavy atom. The first-order chi connectivity index (χ1) is 20.8. The molecule has 2 bridgehead atoms. The van der Waals surface area contributed by atoms with Crippen LogP contribution in [-0.4, -0.2) is 47.1 Å². The molecule has 0 aliphatic carbocycles. The fourth-order valence-electron chi connectivity index (χ4n) is 5.96. The molecule has 44 heavy (non-hydrogen) atoms. The number of amides is 1. The average Bonchev–Trinajstić information content (AvgIpc) is 2.95. The molecule has 234 valence electrons. The van der Waals surface area contributed by atoms with E-state index in [0.717, 1.165) is 16.7 Å². The average molecular weight is 614 g/mol. The van der Waals surface area contributed by atoms with Crippen molar-refractivity contribution in [3.05, 3.63) is 86.6 Å². The van der Waals surface area contributed by atoms with E-state index in [2.05, 4.69) is 5.32 Å². The highest BCUT2D eigenvalue weighted by molar-refractivity contribution is 5.84. The Bertz CT molecular complexity index is 1670. The van der Waals surface area contributed by atoms with Crippen molar-refractivity contribution in [3.63, 3.8) is 0 Å². The van der Waals surface area contributed by atoms with Gasteiger partial charge < -0.3 is 14.6 Å². The van der Waals surface area contributed by atoms with Gasteiger partial charge in [0.25, 0.3) is 5.56 Å². The van der Waals surface area contributed by atoms with Crippen LogP contribution in [0.4, 0.5) is 17.6 Å². The standard InChI is InChI=1S/C33H35F4N3O4/c1-17(2)7-27(40-14-20(10-25(36)33(40)43)5-6-39-15-23(35)16-39)32(42)38-26-13-29(41)44-28-12-22(34)9-18(3)30(28)21-8-19(4)31(37)24(26)11-21/h8-12,14,17,23,26-27H,5-7,13,15-16H2,1-4H3,(H,38,42). The Labute approximate surface area is 252 Å². The van der Waals surface area contributed by atoms with Crippen molar-refractivity contribution >= 4 is 11.9 Å². The van der Waals surface area contributed by atoms with Crippen molar-refractivity contribution in [3.8, 4) is 16.9 Å². The third kappa shape index (κ3) is 6.57. The molecule has 1 amide bonds. The smallest absolute Gasteiger partial charge is 0.313 e. The van der Waals surface area contributed by atoms with E-state index in [-0.39, 0.29) is 29.2 Å². The van der Waals surface area contributed by atoms with Gasteiger partial charge in [0.2, 0.25) is 5.91 Å². The largest absolute Gasteiger partial charge is 0.426 e. The van der Waals surface area contributed by atoms with Crippen LogP contribution in [0, 0.1) is 37.2 Å². The van der Waals surface area contributed by atoms with Crippen LogP contribution >= 0.6 is 0 Å². The van der Waals surface area contributed by atoms with Gasteiger partial charge in [-0.3, -0.25) is 19.3 Å². The van der Waals surface area contributed by atoms with Gasteiger partial charge in [-0.15, -0.1) is 0 Å². The second kappa shape index (κ2) is 12.6. The van der Waals surface area contributed by atoms with Crippen molar-refractivity contribution in [2.45, 2.75) is 65.2 Å². The summed E-state index contributed by atoms with van der Waals surface area (Å²) in [7, 11) is 0. The highest BCUT2D eigenvalue weighted by Crippen LogP contribution is 2.39. The van der Waals surface area contributed by atoms with Crippen molar-refractivity contribution in [2.24, 2.45) is 5.92 Å². The number of carbonyl (C=O) groups is 2. The molecule has 1 N–H and O–H groups in total. The number of rotatable bonds is 8. The predicted molar refractivity (Wildman–Crippen MR) is 157 cm³/mol. The Kier molecular flexibility index (Phi) is 8.97. The van der Waals surface area contributed by atoms with Crippen LogP contribution in [0.1, 0.15) is 61.0 Å². The monoisotopic (exact) mass is 613 g/mol. The molecule has 2 unspecified atom stereocenters. The van der Waals surface area contributed by atoms with Gasteiger partial charge in [0, 0.05) is 43.0 Å². The number of likely N-dealkylation sites (tertiary alicyclic amines) is 1. The first-order valence-corrected chi connectivity index (χ1v) is 14.7. The maximum atomic E-state index is 15.6. The molecule has 2 aromatic carbocycles. The van der Waals surface area contributed by atoms with Crippen LogP contribution in [0.5, 0.6) is 5.75 Å². The van der Waals surface area contributed by atoms with E-state index < -0.39 is 59.6 Å². The van der Waals surface area contributed by atoms with Gasteiger partial charge in [-0.25, -0.2) is 17.6 Å². The molecule has 11 heteroatoms. The molecule has 2 atom stereocenters. The second-order valence-corrected chi connectivity index (χ2v) is 12.2. The molecule has 2 aliphatic rings. The number of benzene rings is 2. The highest BCUT2D eigenvalue weighted by atomic mass is 19.1. The zero-order valence-corrected chi connectivity index (χ0v) is 25.1. The Morgan fingerprint density at radius 2 is 1.77 bits per heavy atom. The molecular formula is C33H35F4N3O4. The molecule has 0 radical (unpaired) electrons. The lowest BCUT2D eigenvalue weighted by Crippen LogP contribution is -2.49. The van der Waals surface area contributed by atoms with Gasteiger partial charge in [0.1, 0.15) is 29.6 Å². The number of pyridine rings is 1. The van der Waals surface area contributed by atoms with E-state index in [1.54, 1.807) is 19.9 Å². The minimum Gasteiger partial charge on any atom is -0.426 e. The Morgan fingerprint density at radius 1 is 1.05 bits per heavy atom. The van der Waals surface area contributed by atoms with Crippen molar-refractivity contribution in [1.29, 1.82) is 0 Å². The topological polar surface area (TPSA) is 80.6 Å². The van der Waals surface area contributed by atoms with Gasteiger partial charge in [0.15, 0.2) is 5.82 Å². The number of ether oxygens (including phenoxy) is 1. The van der Waals surface area contributed by atoms with Crippen LogP contribution in [0.25, 0.3) is 11.1 Å².